The highest BCUT2D eigenvalue weighted by Gasteiger charge is 2.52. The Bertz CT molecular complexity index is 1640. The summed E-state index contributed by atoms with van der Waals surface area (Å²) in [6, 6.07) is 44.7. The van der Waals surface area contributed by atoms with Crippen LogP contribution in [0.25, 0.3) is 0 Å². The molecule has 0 aliphatic heterocycles. The number of aryl methyl sites for hydroxylation is 2. The lowest BCUT2D eigenvalue weighted by atomic mass is 10.1. The van der Waals surface area contributed by atoms with Crippen LogP contribution in [0, 0.1) is 13.8 Å². The smallest absolute Gasteiger partial charge is 0.277 e. The van der Waals surface area contributed by atoms with Gasteiger partial charge in [0.2, 0.25) is 4.77 Å². The van der Waals surface area contributed by atoms with E-state index in [-0.39, 0.29) is 10.5 Å². The fourth-order valence-electron chi connectivity index (χ4n) is 5.00. The minimum absolute atomic E-state index is 0.00886. The van der Waals surface area contributed by atoms with Crippen LogP contribution < -0.4 is 26.5 Å². The van der Waals surface area contributed by atoms with Crippen molar-refractivity contribution in [2.24, 2.45) is 0 Å². The standard InChI is InChI=1S/C36H30ClN2O2P/c1-26-14-12-16-28(24-26)35(40)39-33(36(41)38-29-17-13-15-27(2)25-29)34(37)42(30-18-6-3-7-19-30,31-20-8-4-9-21-31)32-22-10-5-11-23-32/h3-25H,1-2H3,(H-,38,39,40,41)/p+1/b34-33-. The van der Waals surface area contributed by atoms with Gasteiger partial charge in [0.25, 0.3) is 11.8 Å². The van der Waals surface area contributed by atoms with Crippen LogP contribution in [0.15, 0.2) is 150 Å². The van der Waals surface area contributed by atoms with Crippen LogP contribution in [0.1, 0.15) is 21.5 Å². The summed E-state index contributed by atoms with van der Waals surface area (Å²) in [7, 11) is -2.86. The summed E-state index contributed by atoms with van der Waals surface area (Å²) >= 11 is 7.58. The molecule has 5 aromatic carbocycles. The van der Waals surface area contributed by atoms with Gasteiger partial charge in [0.1, 0.15) is 15.9 Å². The van der Waals surface area contributed by atoms with Crippen molar-refractivity contribution >= 4 is 52.3 Å². The summed E-state index contributed by atoms with van der Waals surface area (Å²) in [5.41, 5.74) is 2.98. The number of carbonyl (C=O) groups excluding carboxylic acids is 2. The molecule has 208 valence electrons. The van der Waals surface area contributed by atoms with Crippen LogP contribution in [-0.2, 0) is 4.79 Å². The lowest BCUT2D eigenvalue weighted by Crippen LogP contribution is -2.37. The van der Waals surface area contributed by atoms with Crippen molar-refractivity contribution in [2.45, 2.75) is 13.8 Å². The number of rotatable bonds is 8. The largest absolute Gasteiger partial charge is 0.321 e. The van der Waals surface area contributed by atoms with E-state index in [1.54, 1.807) is 12.1 Å². The molecule has 4 nitrogen and oxygen atoms in total. The first-order valence-corrected chi connectivity index (χ1v) is 15.8. The normalized spacial score (nSPS) is 11.8. The lowest BCUT2D eigenvalue weighted by molar-refractivity contribution is -0.113. The number of halogens is 1. The molecule has 5 rings (SSSR count). The van der Waals surface area contributed by atoms with Crippen molar-refractivity contribution in [3.63, 3.8) is 0 Å². The predicted molar refractivity (Wildman–Crippen MR) is 176 cm³/mol. The van der Waals surface area contributed by atoms with Gasteiger partial charge in [-0.25, -0.2) is 0 Å². The average molecular weight is 590 g/mol. The molecule has 0 saturated heterocycles. The van der Waals surface area contributed by atoms with Crippen molar-refractivity contribution in [3.8, 4) is 0 Å². The second kappa shape index (κ2) is 13.0. The van der Waals surface area contributed by atoms with Crippen molar-refractivity contribution < 1.29 is 9.59 Å². The Morgan fingerprint density at radius 3 is 1.55 bits per heavy atom. The zero-order valence-electron chi connectivity index (χ0n) is 23.4. The topological polar surface area (TPSA) is 58.2 Å². The molecule has 0 spiro atoms. The van der Waals surface area contributed by atoms with E-state index in [9.17, 15) is 9.59 Å². The average Bonchev–Trinajstić information content (AvgIpc) is 3.01. The van der Waals surface area contributed by atoms with Gasteiger partial charge in [-0.05, 0) is 91.7 Å². The van der Waals surface area contributed by atoms with Crippen LogP contribution in [0.2, 0.25) is 0 Å². The molecule has 0 unspecified atom stereocenters. The monoisotopic (exact) mass is 589 g/mol. The molecule has 2 amide bonds. The molecular weight excluding hydrogens is 559 g/mol. The quantitative estimate of drug-likeness (QED) is 0.150. The van der Waals surface area contributed by atoms with E-state index in [2.05, 4.69) is 10.6 Å². The van der Waals surface area contributed by atoms with E-state index in [0.717, 1.165) is 27.0 Å². The number of hydrogen-bond donors (Lipinski definition) is 2. The third-order valence-electron chi connectivity index (χ3n) is 6.95. The number of nitrogens with one attached hydrogen (secondary N) is 2. The number of amides is 2. The second-order valence-electron chi connectivity index (χ2n) is 9.99. The molecule has 0 fully saturated rings. The maximum Gasteiger partial charge on any atom is 0.277 e. The van der Waals surface area contributed by atoms with Crippen molar-refractivity contribution in [1.82, 2.24) is 5.32 Å². The third-order valence-corrected chi connectivity index (χ3v) is 11.9. The summed E-state index contributed by atoms with van der Waals surface area (Å²) < 4.78 is 0.275. The van der Waals surface area contributed by atoms with Crippen molar-refractivity contribution in [1.29, 1.82) is 0 Å². The van der Waals surface area contributed by atoms with Gasteiger partial charge in [-0.1, -0.05) is 84.4 Å². The Morgan fingerprint density at radius 1 is 0.595 bits per heavy atom. The lowest BCUT2D eigenvalue weighted by Gasteiger charge is -2.28. The molecule has 0 radical (unpaired) electrons. The fraction of sp³-hybridized carbons (Fsp3) is 0.0556. The Kier molecular flexibility index (Phi) is 8.97. The van der Waals surface area contributed by atoms with Gasteiger partial charge in [0.05, 0.1) is 0 Å². The van der Waals surface area contributed by atoms with Gasteiger partial charge in [-0.2, -0.15) is 0 Å². The van der Waals surface area contributed by atoms with Gasteiger partial charge in [0.15, 0.2) is 13.0 Å². The van der Waals surface area contributed by atoms with Gasteiger partial charge < -0.3 is 10.6 Å². The molecule has 0 aliphatic carbocycles. The maximum atomic E-state index is 14.2. The Hall–Kier alpha value is -4.50. The Labute approximate surface area is 252 Å². The SMILES string of the molecule is Cc1cccc(NC(=O)/C(NC(=O)c2cccc(C)c2)=C(\Cl)[P+](c2ccccc2)(c2ccccc2)c2ccccc2)c1. The van der Waals surface area contributed by atoms with Crippen LogP contribution in [-0.4, -0.2) is 11.8 Å². The molecular formula is C36H31ClN2O2P+. The van der Waals surface area contributed by atoms with Crippen LogP contribution in [0.5, 0.6) is 0 Å². The molecule has 0 heterocycles. The summed E-state index contributed by atoms with van der Waals surface area (Å²) in [4.78, 5) is 27.9. The zero-order chi connectivity index (χ0) is 29.5. The van der Waals surface area contributed by atoms with Gasteiger partial charge >= 0.3 is 0 Å². The summed E-state index contributed by atoms with van der Waals surface area (Å²) in [5.74, 6) is -0.919. The van der Waals surface area contributed by atoms with Gasteiger partial charge in [-0.15, -0.1) is 0 Å². The van der Waals surface area contributed by atoms with Crippen molar-refractivity contribution in [2.75, 3.05) is 5.32 Å². The summed E-state index contributed by atoms with van der Waals surface area (Å²) in [6.07, 6.45) is 0. The Morgan fingerprint density at radius 2 is 1.07 bits per heavy atom. The second-order valence-corrected chi connectivity index (χ2v) is 14.0. The first kappa shape index (κ1) is 29.0. The summed E-state index contributed by atoms with van der Waals surface area (Å²) in [6.45, 7) is 3.87. The van der Waals surface area contributed by atoms with E-state index in [4.69, 9.17) is 11.6 Å². The molecule has 6 heteroatoms. The minimum atomic E-state index is -2.86. The molecule has 0 saturated carbocycles. The molecule has 2 N–H and O–H groups in total. The van der Waals surface area contributed by atoms with Crippen LogP contribution in [0.4, 0.5) is 5.69 Å². The summed E-state index contributed by atoms with van der Waals surface area (Å²) in [5, 5.41) is 8.78. The highest BCUT2D eigenvalue weighted by Crippen LogP contribution is 2.64. The predicted octanol–water partition coefficient (Wildman–Crippen LogP) is 7.07. The highest BCUT2D eigenvalue weighted by molar-refractivity contribution is 8.00. The molecule has 0 bridgehead atoms. The number of anilines is 1. The molecule has 5 aromatic rings. The van der Waals surface area contributed by atoms with Crippen LogP contribution >= 0.6 is 18.9 Å². The number of carbonyl (C=O) groups is 2. The van der Waals surface area contributed by atoms with Gasteiger partial charge in [-0.3, -0.25) is 9.59 Å². The first-order valence-electron chi connectivity index (χ1n) is 13.6. The Balaban J connectivity index is 1.79. The van der Waals surface area contributed by atoms with E-state index in [0.29, 0.717) is 11.3 Å². The van der Waals surface area contributed by atoms with Crippen molar-refractivity contribution in [3.05, 3.63) is 167 Å². The van der Waals surface area contributed by atoms with E-state index in [1.807, 2.05) is 141 Å². The van der Waals surface area contributed by atoms with Crippen LogP contribution in [0.3, 0.4) is 0 Å². The van der Waals surface area contributed by atoms with E-state index >= 15 is 0 Å². The molecule has 42 heavy (non-hydrogen) atoms. The maximum absolute atomic E-state index is 14.2. The first-order chi connectivity index (χ1) is 20.4. The van der Waals surface area contributed by atoms with E-state index < -0.39 is 19.1 Å². The molecule has 0 aliphatic rings. The number of benzene rings is 5. The highest BCUT2D eigenvalue weighted by atomic mass is 35.5. The number of hydrogen-bond acceptors (Lipinski definition) is 2. The zero-order valence-corrected chi connectivity index (χ0v) is 25.1. The minimum Gasteiger partial charge on any atom is -0.321 e. The fourth-order valence-corrected chi connectivity index (χ4v) is 9.94. The molecule has 0 atom stereocenters. The molecule has 0 aromatic heterocycles. The van der Waals surface area contributed by atoms with Gasteiger partial charge in [0, 0.05) is 11.3 Å². The third kappa shape index (κ3) is 6.06. The van der Waals surface area contributed by atoms with E-state index in [1.165, 1.54) is 0 Å².